The molecule has 0 atom stereocenters. The smallest absolute Gasteiger partial charge is 0.243 e. The zero-order valence-electron chi connectivity index (χ0n) is 21.4. The predicted molar refractivity (Wildman–Crippen MR) is 144 cm³/mol. The molecule has 2 aliphatic rings. The molecule has 3 heteroatoms. The van der Waals surface area contributed by atoms with Crippen molar-refractivity contribution in [3.05, 3.63) is 72.1 Å². The fourth-order valence-electron chi connectivity index (χ4n) is 6.25. The molecule has 1 amide bonds. The Kier molecular flexibility index (Phi) is 9.18. The number of benzene rings is 2. The van der Waals surface area contributed by atoms with Gasteiger partial charge in [0.25, 0.3) is 0 Å². The summed E-state index contributed by atoms with van der Waals surface area (Å²) in [4.78, 5) is 11.5. The highest BCUT2D eigenvalue weighted by Crippen LogP contribution is 2.39. The van der Waals surface area contributed by atoms with Crippen LogP contribution in [0.4, 0.5) is 4.39 Å². The molecule has 0 spiro atoms. The van der Waals surface area contributed by atoms with Crippen LogP contribution < -0.4 is 5.32 Å². The highest BCUT2D eigenvalue weighted by Gasteiger charge is 2.24. The molecule has 2 aliphatic carbocycles. The summed E-state index contributed by atoms with van der Waals surface area (Å²) in [5.74, 6) is 1.71. The predicted octanol–water partition coefficient (Wildman–Crippen LogP) is 8.68. The van der Waals surface area contributed by atoms with Crippen molar-refractivity contribution < 1.29 is 9.18 Å². The molecule has 2 aromatic carbocycles. The molecule has 0 saturated heterocycles. The number of unbranched alkanes of at least 4 members (excludes halogenated alkanes) is 2. The van der Waals surface area contributed by atoms with E-state index in [-0.39, 0.29) is 17.8 Å². The molecule has 0 heterocycles. The van der Waals surface area contributed by atoms with Crippen LogP contribution in [0.15, 0.2) is 55.1 Å². The molecule has 2 aromatic rings. The fourth-order valence-corrected chi connectivity index (χ4v) is 6.25. The van der Waals surface area contributed by atoms with Gasteiger partial charge in [-0.15, -0.1) is 0 Å². The normalized spacial score (nSPS) is 24.6. The van der Waals surface area contributed by atoms with Gasteiger partial charge in [0.05, 0.1) is 0 Å². The molecule has 1 N–H and O–H groups in total. The van der Waals surface area contributed by atoms with Crippen molar-refractivity contribution in [1.82, 2.24) is 5.32 Å². The van der Waals surface area contributed by atoms with Gasteiger partial charge in [0.1, 0.15) is 5.82 Å². The van der Waals surface area contributed by atoms with Gasteiger partial charge in [0, 0.05) is 11.6 Å². The van der Waals surface area contributed by atoms with Gasteiger partial charge >= 0.3 is 0 Å². The molecule has 4 rings (SSSR count). The number of hydrogen-bond donors (Lipinski definition) is 1. The Hall–Kier alpha value is -2.42. The van der Waals surface area contributed by atoms with Crippen LogP contribution in [0.1, 0.15) is 107 Å². The second kappa shape index (κ2) is 12.5. The van der Waals surface area contributed by atoms with Gasteiger partial charge in [0.15, 0.2) is 0 Å². The standard InChI is InChI=1S/C32H42FNO/c1-3-5-6-7-23-8-10-26(11-9-23)28-18-21-30(31(33)22-28)27-14-12-24(13-15-27)25-16-19-29(20-17-25)34-32(35)4-2/h4,12-15,18,21-23,25-26,29H,2-3,5-11,16-17,19-20H2,1H3,(H,34,35). The highest BCUT2D eigenvalue weighted by atomic mass is 19.1. The summed E-state index contributed by atoms with van der Waals surface area (Å²) in [6.07, 6.45) is 15.8. The van der Waals surface area contributed by atoms with E-state index in [1.807, 2.05) is 6.07 Å². The van der Waals surface area contributed by atoms with Crippen LogP contribution in [-0.2, 0) is 4.79 Å². The molecule has 2 nitrogen and oxygen atoms in total. The van der Waals surface area contributed by atoms with Crippen molar-refractivity contribution in [2.24, 2.45) is 5.92 Å². The molecule has 0 bridgehead atoms. The van der Waals surface area contributed by atoms with Crippen LogP contribution in [0.5, 0.6) is 0 Å². The summed E-state index contributed by atoms with van der Waals surface area (Å²) in [5.41, 5.74) is 4.14. The number of halogens is 1. The maximum Gasteiger partial charge on any atom is 0.243 e. The maximum atomic E-state index is 15.2. The Labute approximate surface area is 211 Å². The largest absolute Gasteiger partial charge is 0.350 e. The third kappa shape index (κ3) is 6.84. The van der Waals surface area contributed by atoms with Crippen LogP contribution in [0.3, 0.4) is 0 Å². The van der Waals surface area contributed by atoms with Crippen LogP contribution in [-0.4, -0.2) is 11.9 Å². The first-order chi connectivity index (χ1) is 17.1. The van der Waals surface area contributed by atoms with E-state index in [0.29, 0.717) is 17.4 Å². The quantitative estimate of drug-likeness (QED) is 0.285. The second-order valence-corrected chi connectivity index (χ2v) is 10.8. The summed E-state index contributed by atoms with van der Waals surface area (Å²) in [5, 5.41) is 3.02. The van der Waals surface area contributed by atoms with E-state index in [1.54, 1.807) is 6.07 Å². The number of amides is 1. The van der Waals surface area contributed by atoms with E-state index in [0.717, 1.165) is 37.2 Å². The third-order valence-electron chi connectivity index (χ3n) is 8.48. The zero-order chi connectivity index (χ0) is 24.6. The van der Waals surface area contributed by atoms with E-state index in [4.69, 9.17) is 0 Å². The lowest BCUT2D eigenvalue weighted by atomic mass is 9.77. The van der Waals surface area contributed by atoms with Crippen LogP contribution >= 0.6 is 0 Å². The van der Waals surface area contributed by atoms with Crippen LogP contribution in [0, 0.1) is 11.7 Å². The highest BCUT2D eigenvalue weighted by molar-refractivity contribution is 5.87. The average Bonchev–Trinajstić information content (AvgIpc) is 2.90. The zero-order valence-corrected chi connectivity index (χ0v) is 21.4. The molecular weight excluding hydrogens is 433 g/mol. The second-order valence-electron chi connectivity index (χ2n) is 10.8. The van der Waals surface area contributed by atoms with Crippen molar-refractivity contribution in [3.63, 3.8) is 0 Å². The summed E-state index contributed by atoms with van der Waals surface area (Å²) < 4.78 is 15.2. The van der Waals surface area contributed by atoms with Crippen molar-refractivity contribution >= 4 is 5.91 Å². The molecular formula is C32H42FNO. The molecule has 2 fully saturated rings. The monoisotopic (exact) mass is 475 g/mol. The molecule has 188 valence electrons. The number of carbonyl (C=O) groups is 1. The Morgan fingerprint density at radius 2 is 1.54 bits per heavy atom. The summed E-state index contributed by atoms with van der Waals surface area (Å²) in [6.45, 7) is 5.80. The van der Waals surface area contributed by atoms with E-state index < -0.39 is 0 Å². The Morgan fingerprint density at radius 1 is 0.914 bits per heavy atom. The fraction of sp³-hybridized carbons (Fsp3) is 0.531. The number of hydrogen-bond acceptors (Lipinski definition) is 1. The van der Waals surface area contributed by atoms with E-state index >= 15 is 4.39 Å². The number of nitrogens with one attached hydrogen (secondary N) is 1. The van der Waals surface area contributed by atoms with Crippen LogP contribution in [0.2, 0.25) is 0 Å². The topological polar surface area (TPSA) is 29.1 Å². The van der Waals surface area contributed by atoms with Crippen molar-refractivity contribution in [2.45, 2.75) is 102 Å². The minimum Gasteiger partial charge on any atom is -0.350 e. The minimum atomic E-state index is -0.0983. The van der Waals surface area contributed by atoms with Gasteiger partial charge in [-0.05, 0) is 98.0 Å². The van der Waals surface area contributed by atoms with Gasteiger partial charge < -0.3 is 5.32 Å². The van der Waals surface area contributed by atoms with E-state index in [2.05, 4.69) is 49.2 Å². The van der Waals surface area contributed by atoms with E-state index in [1.165, 1.54) is 68.6 Å². The van der Waals surface area contributed by atoms with E-state index in [9.17, 15) is 4.79 Å². The van der Waals surface area contributed by atoms with Crippen molar-refractivity contribution in [1.29, 1.82) is 0 Å². The Balaban J connectivity index is 1.32. The SMILES string of the molecule is C=CC(=O)NC1CCC(c2ccc(-c3ccc(C4CCC(CCCCC)CC4)cc3F)cc2)CC1. The van der Waals surface area contributed by atoms with Crippen LogP contribution in [0.25, 0.3) is 11.1 Å². The molecule has 0 unspecified atom stereocenters. The van der Waals surface area contributed by atoms with Gasteiger partial charge in [-0.2, -0.15) is 0 Å². The Morgan fingerprint density at radius 3 is 2.17 bits per heavy atom. The number of rotatable bonds is 9. The van der Waals surface area contributed by atoms with Gasteiger partial charge in [-0.1, -0.05) is 75.6 Å². The summed E-state index contributed by atoms with van der Waals surface area (Å²) >= 11 is 0. The lowest BCUT2D eigenvalue weighted by molar-refractivity contribution is -0.117. The molecule has 35 heavy (non-hydrogen) atoms. The average molecular weight is 476 g/mol. The van der Waals surface area contributed by atoms with Gasteiger partial charge in [0.2, 0.25) is 5.91 Å². The van der Waals surface area contributed by atoms with Crippen molar-refractivity contribution in [3.8, 4) is 11.1 Å². The first-order valence-corrected chi connectivity index (χ1v) is 13.9. The Bertz CT molecular complexity index is 966. The molecule has 2 saturated carbocycles. The molecule has 0 radical (unpaired) electrons. The van der Waals surface area contributed by atoms with Crippen molar-refractivity contribution in [2.75, 3.05) is 0 Å². The summed E-state index contributed by atoms with van der Waals surface area (Å²) in [6, 6.07) is 14.7. The first kappa shape index (κ1) is 25.7. The molecule has 0 aliphatic heterocycles. The van der Waals surface area contributed by atoms with Gasteiger partial charge in [-0.25, -0.2) is 4.39 Å². The summed E-state index contributed by atoms with van der Waals surface area (Å²) in [7, 11) is 0. The maximum absolute atomic E-state index is 15.2. The first-order valence-electron chi connectivity index (χ1n) is 13.9. The number of carbonyl (C=O) groups excluding carboxylic acids is 1. The minimum absolute atomic E-state index is 0.0825. The molecule has 0 aromatic heterocycles. The lowest BCUT2D eigenvalue weighted by Crippen LogP contribution is -2.36. The third-order valence-corrected chi connectivity index (χ3v) is 8.48. The lowest BCUT2D eigenvalue weighted by Gasteiger charge is -2.29. The van der Waals surface area contributed by atoms with Gasteiger partial charge in [-0.3, -0.25) is 4.79 Å².